The zero-order chi connectivity index (χ0) is 9.84. The van der Waals surface area contributed by atoms with Crippen molar-refractivity contribution in [2.45, 2.75) is 12.8 Å². The van der Waals surface area contributed by atoms with Crippen molar-refractivity contribution in [1.82, 2.24) is 0 Å². The fourth-order valence-corrected chi connectivity index (χ4v) is 1.83. The van der Waals surface area contributed by atoms with E-state index in [1.54, 1.807) is 12.1 Å². The molecule has 0 aliphatic carbocycles. The summed E-state index contributed by atoms with van der Waals surface area (Å²) in [5, 5.41) is 0. The molecule has 0 N–H and O–H groups in total. The molecule has 0 aromatic heterocycles. The number of benzene rings is 1. The van der Waals surface area contributed by atoms with Crippen molar-refractivity contribution in [2.24, 2.45) is 0 Å². The fraction of sp³-hybridized carbons (Fsp3) is 0.333. The lowest BCUT2D eigenvalue weighted by atomic mass is 10.2. The molecule has 0 amide bonds. The Kier molecular flexibility index (Phi) is 4.00. The third kappa shape index (κ3) is 2.35. The minimum atomic E-state index is -0.383. The molecule has 0 bridgehead atoms. The normalized spacial score (nSPS) is 10.2. The number of alkyl halides is 1. The monoisotopic (exact) mass is 266 g/mol. The Hall–Kier alpha value is -0.280. The zero-order valence-electron chi connectivity index (χ0n) is 7.11. The lowest BCUT2D eigenvalue weighted by Crippen LogP contribution is -1.97. The van der Waals surface area contributed by atoms with E-state index in [-0.39, 0.29) is 17.4 Å². The predicted octanol–water partition coefficient (Wildman–Crippen LogP) is 3.73. The Morgan fingerprint density at radius 2 is 2.23 bits per heavy atom. The van der Waals surface area contributed by atoms with Gasteiger partial charge in [0.05, 0.1) is 12.5 Å². The highest BCUT2D eigenvalue weighted by Crippen LogP contribution is 2.28. The maximum Gasteiger partial charge on any atom is 0.170 e. The van der Waals surface area contributed by atoms with E-state index in [1.165, 1.54) is 0 Å². The standard InChI is InChI=1S/C9H9BrClFO/c1-2-13-8-4-3-7(10)6(5-11)9(8)12/h3-4H,2,5H2,1H3. The Morgan fingerprint density at radius 3 is 2.77 bits per heavy atom. The summed E-state index contributed by atoms with van der Waals surface area (Å²) in [5.74, 6) is 0.000398. The molecule has 1 aromatic rings. The van der Waals surface area contributed by atoms with E-state index in [1.807, 2.05) is 6.92 Å². The van der Waals surface area contributed by atoms with E-state index in [9.17, 15) is 4.39 Å². The third-order valence-electron chi connectivity index (χ3n) is 1.58. The molecular formula is C9H9BrClFO. The minimum Gasteiger partial charge on any atom is -0.491 e. The molecule has 0 unspecified atom stereocenters. The number of hydrogen-bond donors (Lipinski definition) is 0. The molecule has 4 heteroatoms. The molecule has 0 spiro atoms. The van der Waals surface area contributed by atoms with Crippen LogP contribution >= 0.6 is 27.5 Å². The van der Waals surface area contributed by atoms with Crippen LogP contribution in [0.15, 0.2) is 16.6 Å². The molecule has 0 atom stereocenters. The number of ether oxygens (including phenoxy) is 1. The van der Waals surface area contributed by atoms with Crippen LogP contribution in [-0.2, 0) is 5.88 Å². The SMILES string of the molecule is CCOc1ccc(Br)c(CCl)c1F. The van der Waals surface area contributed by atoms with E-state index in [2.05, 4.69) is 15.9 Å². The van der Waals surface area contributed by atoms with Gasteiger partial charge in [-0.2, -0.15) is 0 Å². The van der Waals surface area contributed by atoms with E-state index in [4.69, 9.17) is 16.3 Å². The van der Waals surface area contributed by atoms with Crippen LogP contribution in [0, 0.1) is 5.82 Å². The number of hydrogen-bond acceptors (Lipinski definition) is 1. The van der Waals surface area contributed by atoms with Crippen molar-refractivity contribution >= 4 is 27.5 Å². The average Bonchev–Trinajstić information content (AvgIpc) is 2.11. The van der Waals surface area contributed by atoms with Crippen molar-refractivity contribution in [2.75, 3.05) is 6.61 Å². The second-order valence-corrected chi connectivity index (χ2v) is 3.53. The zero-order valence-corrected chi connectivity index (χ0v) is 9.45. The van der Waals surface area contributed by atoms with Crippen molar-refractivity contribution in [3.8, 4) is 5.75 Å². The Morgan fingerprint density at radius 1 is 1.54 bits per heavy atom. The van der Waals surface area contributed by atoms with Gasteiger partial charge in [0, 0.05) is 10.0 Å². The van der Waals surface area contributed by atoms with Gasteiger partial charge < -0.3 is 4.74 Å². The van der Waals surface area contributed by atoms with E-state index in [0.29, 0.717) is 16.6 Å². The summed E-state index contributed by atoms with van der Waals surface area (Å²) in [5.41, 5.74) is 0.438. The van der Waals surface area contributed by atoms with Crippen molar-refractivity contribution < 1.29 is 9.13 Å². The molecule has 0 saturated heterocycles. The molecule has 1 aromatic carbocycles. The lowest BCUT2D eigenvalue weighted by molar-refractivity contribution is 0.320. The lowest BCUT2D eigenvalue weighted by Gasteiger charge is -2.08. The summed E-state index contributed by atoms with van der Waals surface area (Å²) in [6.45, 7) is 2.25. The van der Waals surface area contributed by atoms with E-state index >= 15 is 0 Å². The summed E-state index contributed by atoms with van der Waals surface area (Å²) in [7, 11) is 0. The highest BCUT2D eigenvalue weighted by atomic mass is 79.9. The van der Waals surface area contributed by atoms with Crippen LogP contribution in [-0.4, -0.2) is 6.61 Å². The van der Waals surface area contributed by atoms with Gasteiger partial charge in [-0.05, 0) is 19.1 Å². The van der Waals surface area contributed by atoms with Gasteiger partial charge in [-0.25, -0.2) is 4.39 Å². The molecule has 1 nitrogen and oxygen atoms in total. The third-order valence-corrected chi connectivity index (χ3v) is 2.59. The van der Waals surface area contributed by atoms with Crippen LogP contribution in [0.4, 0.5) is 4.39 Å². The molecule has 13 heavy (non-hydrogen) atoms. The molecule has 72 valence electrons. The average molecular weight is 268 g/mol. The minimum absolute atomic E-state index is 0.132. The van der Waals surface area contributed by atoms with Crippen LogP contribution in [0.3, 0.4) is 0 Å². The second-order valence-electron chi connectivity index (χ2n) is 2.40. The summed E-state index contributed by atoms with van der Waals surface area (Å²) in [4.78, 5) is 0. The number of halogens is 3. The molecule has 0 heterocycles. The quantitative estimate of drug-likeness (QED) is 0.758. The van der Waals surface area contributed by atoms with Gasteiger partial charge in [0.1, 0.15) is 0 Å². The Balaban J connectivity index is 3.11. The van der Waals surface area contributed by atoms with Crippen molar-refractivity contribution in [3.05, 3.63) is 28.0 Å². The van der Waals surface area contributed by atoms with Crippen LogP contribution < -0.4 is 4.74 Å². The molecule has 0 fully saturated rings. The summed E-state index contributed by atoms with van der Waals surface area (Å²) in [6, 6.07) is 3.31. The first-order valence-electron chi connectivity index (χ1n) is 3.86. The molecule has 1 rings (SSSR count). The Bertz CT molecular complexity index is 304. The first kappa shape index (κ1) is 10.8. The fourth-order valence-electron chi connectivity index (χ4n) is 0.966. The van der Waals surface area contributed by atoms with Gasteiger partial charge in [0.25, 0.3) is 0 Å². The van der Waals surface area contributed by atoms with Crippen LogP contribution in [0.5, 0.6) is 5.75 Å². The molecule has 0 aliphatic heterocycles. The van der Waals surface area contributed by atoms with Gasteiger partial charge in [-0.1, -0.05) is 15.9 Å². The predicted molar refractivity (Wildman–Crippen MR) is 54.8 cm³/mol. The first-order chi connectivity index (χ1) is 6.20. The highest BCUT2D eigenvalue weighted by Gasteiger charge is 2.11. The van der Waals surface area contributed by atoms with Crippen molar-refractivity contribution in [1.29, 1.82) is 0 Å². The summed E-state index contributed by atoms with van der Waals surface area (Å²) in [6.07, 6.45) is 0. The van der Waals surface area contributed by atoms with Crippen LogP contribution in [0.25, 0.3) is 0 Å². The van der Waals surface area contributed by atoms with Gasteiger partial charge >= 0.3 is 0 Å². The van der Waals surface area contributed by atoms with Gasteiger partial charge in [0.15, 0.2) is 11.6 Å². The molecular weight excluding hydrogens is 258 g/mol. The maximum atomic E-state index is 13.5. The summed E-state index contributed by atoms with van der Waals surface area (Å²) < 4.78 is 19.2. The topological polar surface area (TPSA) is 9.23 Å². The van der Waals surface area contributed by atoms with Gasteiger partial charge in [0.2, 0.25) is 0 Å². The van der Waals surface area contributed by atoms with E-state index < -0.39 is 0 Å². The molecule has 0 aliphatic rings. The van der Waals surface area contributed by atoms with Gasteiger partial charge in [-0.3, -0.25) is 0 Å². The van der Waals surface area contributed by atoms with E-state index in [0.717, 1.165) is 0 Å². The van der Waals surface area contributed by atoms with Crippen LogP contribution in [0.2, 0.25) is 0 Å². The largest absolute Gasteiger partial charge is 0.491 e. The number of rotatable bonds is 3. The Labute approximate surface area is 90.0 Å². The molecule has 0 radical (unpaired) electrons. The first-order valence-corrected chi connectivity index (χ1v) is 5.19. The molecule has 0 saturated carbocycles. The second kappa shape index (κ2) is 4.82. The van der Waals surface area contributed by atoms with Crippen molar-refractivity contribution in [3.63, 3.8) is 0 Å². The van der Waals surface area contributed by atoms with Crippen LogP contribution in [0.1, 0.15) is 12.5 Å². The summed E-state index contributed by atoms with van der Waals surface area (Å²) >= 11 is 8.80. The highest BCUT2D eigenvalue weighted by molar-refractivity contribution is 9.10. The van der Waals surface area contributed by atoms with Gasteiger partial charge in [-0.15, -0.1) is 11.6 Å². The smallest absolute Gasteiger partial charge is 0.170 e. The maximum absolute atomic E-state index is 13.5.